The first kappa shape index (κ1) is 14.7. The quantitative estimate of drug-likeness (QED) is 0.706. The van der Waals surface area contributed by atoms with E-state index in [1.807, 2.05) is 20.8 Å². The Morgan fingerprint density at radius 3 is 2.25 bits per heavy atom. The van der Waals surface area contributed by atoms with Crippen molar-refractivity contribution in [2.75, 3.05) is 6.54 Å². The molecule has 0 bridgehead atoms. The number of hydrogen-bond donors (Lipinski definition) is 1. The van der Waals surface area contributed by atoms with Crippen LogP contribution in [0.3, 0.4) is 0 Å². The molecule has 0 atom stereocenters. The van der Waals surface area contributed by atoms with Gasteiger partial charge in [-0.25, -0.2) is 0 Å². The lowest BCUT2D eigenvalue weighted by Gasteiger charge is -2.35. The smallest absolute Gasteiger partial charge is 0.305 e. The largest absolute Gasteiger partial charge is 0.481 e. The third-order valence-electron chi connectivity index (χ3n) is 2.22. The molecule has 0 aromatic rings. The highest BCUT2D eigenvalue weighted by atomic mass is 16.4. The van der Waals surface area contributed by atoms with E-state index in [4.69, 9.17) is 5.11 Å². The third kappa shape index (κ3) is 5.53. The second-order valence-corrected chi connectivity index (χ2v) is 4.69. The minimum absolute atomic E-state index is 0.0168. The first-order valence-corrected chi connectivity index (χ1v) is 5.42. The number of carboxylic acids is 1. The molecule has 0 unspecified atom stereocenters. The van der Waals surface area contributed by atoms with Gasteiger partial charge in [0.05, 0.1) is 6.42 Å². The number of nitrogens with zero attached hydrogens (tertiary/aromatic N) is 1. The molecule has 0 radical (unpaired) electrons. The molecule has 4 heteroatoms. The van der Waals surface area contributed by atoms with E-state index in [0.29, 0.717) is 12.8 Å². The van der Waals surface area contributed by atoms with Crippen LogP contribution in [0.15, 0.2) is 12.7 Å². The van der Waals surface area contributed by atoms with Crippen LogP contribution < -0.4 is 0 Å². The van der Waals surface area contributed by atoms with Crippen LogP contribution >= 0.6 is 0 Å². The fourth-order valence-electron chi connectivity index (χ4n) is 1.40. The molecule has 92 valence electrons. The van der Waals surface area contributed by atoms with Crippen molar-refractivity contribution in [3.05, 3.63) is 12.7 Å². The van der Waals surface area contributed by atoms with Gasteiger partial charge in [-0.15, -0.1) is 6.58 Å². The van der Waals surface area contributed by atoms with Crippen molar-refractivity contribution in [1.29, 1.82) is 0 Å². The summed E-state index contributed by atoms with van der Waals surface area (Å²) in [7, 11) is 0. The summed E-state index contributed by atoms with van der Waals surface area (Å²) >= 11 is 0. The van der Waals surface area contributed by atoms with Crippen molar-refractivity contribution in [3.63, 3.8) is 0 Å². The van der Waals surface area contributed by atoms with Crippen LogP contribution in [0, 0.1) is 0 Å². The van der Waals surface area contributed by atoms with Gasteiger partial charge in [-0.2, -0.15) is 0 Å². The Hall–Kier alpha value is -1.32. The number of carbonyl (C=O) groups excluding carboxylic acids is 1. The average molecular weight is 227 g/mol. The molecule has 0 aromatic heterocycles. The number of rotatable bonds is 6. The highest BCUT2D eigenvalue weighted by Crippen LogP contribution is 2.16. The first-order chi connectivity index (χ1) is 7.29. The molecule has 0 aliphatic heterocycles. The fraction of sp³-hybridized carbons (Fsp3) is 0.667. The SMILES string of the molecule is C=CCCC(=O)N(CCC(=O)O)C(C)(C)C. The molecule has 16 heavy (non-hydrogen) atoms. The summed E-state index contributed by atoms with van der Waals surface area (Å²) in [5, 5.41) is 8.63. The third-order valence-corrected chi connectivity index (χ3v) is 2.22. The number of allylic oxidation sites excluding steroid dienone is 1. The van der Waals surface area contributed by atoms with E-state index in [9.17, 15) is 9.59 Å². The van der Waals surface area contributed by atoms with Gasteiger partial charge in [-0.1, -0.05) is 6.08 Å². The van der Waals surface area contributed by atoms with Crippen molar-refractivity contribution in [2.24, 2.45) is 0 Å². The van der Waals surface area contributed by atoms with Gasteiger partial charge in [0.1, 0.15) is 0 Å². The van der Waals surface area contributed by atoms with E-state index < -0.39 is 5.97 Å². The Kier molecular flexibility index (Phi) is 5.78. The van der Waals surface area contributed by atoms with Crippen LogP contribution in [0.1, 0.15) is 40.0 Å². The molecule has 0 aliphatic carbocycles. The van der Waals surface area contributed by atoms with Gasteiger partial charge < -0.3 is 10.0 Å². The van der Waals surface area contributed by atoms with Gasteiger partial charge in [0.2, 0.25) is 5.91 Å². The maximum absolute atomic E-state index is 11.8. The van der Waals surface area contributed by atoms with Crippen molar-refractivity contribution in [2.45, 2.75) is 45.6 Å². The maximum Gasteiger partial charge on any atom is 0.305 e. The molecule has 0 saturated carbocycles. The number of carboxylic acid groups (broad SMARTS) is 1. The Balaban J connectivity index is 4.48. The first-order valence-electron chi connectivity index (χ1n) is 5.42. The molecule has 4 nitrogen and oxygen atoms in total. The van der Waals surface area contributed by atoms with Crippen LogP contribution in [0.4, 0.5) is 0 Å². The fourth-order valence-corrected chi connectivity index (χ4v) is 1.40. The molecule has 0 saturated heterocycles. The normalized spacial score (nSPS) is 10.9. The summed E-state index contributed by atoms with van der Waals surface area (Å²) in [4.78, 5) is 24.0. The minimum Gasteiger partial charge on any atom is -0.481 e. The van der Waals surface area contributed by atoms with E-state index in [1.165, 1.54) is 0 Å². The minimum atomic E-state index is -0.884. The topological polar surface area (TPSA) is 57.6 Å². The number of amides is 1. The molecule has 0 spiro atoms. The predicted molar refractivity (Wildman–Crippen MR) is 63.1 cm³/mol. The highest BCUT2D eigenvalue weighted by Gasteiger charge is 2.25. The molecule has 0 aliphatic rings. The summed E-state index contributed by atoms with van der Waals surface area (Å²) in [6.45, 7) is 9.53. The second kappa shape index (κ2) is 6.30. The zero-order valence-electron chi connectivity index (χ0n) is 10.3. The van der Waals surface area contributed by atoms with Gasteiger partial charge in [0, 0.05) is 18.5 Å². The Morgan fingerprint density at radius 2 is 1.88 bits per heavy atom. The molecule has 0 heterocycles. The lowest BCUT2D eigenvalue weighted by Crippen LogP contribution is -2.46. The summed E-state index contributed by atoms with van der Waals surface area (Å²) < 4.78 is 0. The molecular formula is C12H21NO3. The Labute approximate surface area is 96.9 Å². The van der Waals surface area contributed by atoms with Gasteiger partial charge in [-0.3, -0.25) is 9.59 Å². The van der Waals surface area contributed by atoms with Crippen LogP contribution in [0.5, 0.6) is 0 Å². The molecule has 0 aromatic carbocycles. The summed E-state index contributed by atoms with van der Waals surface area (Å²) in [5.74, 6) is -0.903. The lowest BCUT2D eigenvalue weighted by atomic mass is 10.0. The van der Waals surface area contributed by atoms with Crippen molar-refractivity contribution in [1.82, 2.24) is 4.90 Å². The summed E-state index contributed by atoms with van der Waals surface area (Å²) in [6.07, 6.45) is 2.69. The molecule has 1 N–H and O–H groups in total. The number of hydrogen-bond acceptors (Lipinski definition) is 2. The standard InChI is InChI=1S/C12H21NO3/c1-5-6-7-10(14)13(12(2,3)4)9-8-11(15)16/h5H,1,6-9H2,2-4H3,(H,15,16). The van der Waals surface area contributed by atoms with Crippen LogP contribution in [0.25, 0.3) is 0 Å². The van der Waals surface area contributed by atoms with Gasteiger partial charge in [0.25, 0.3) is 0 Å². The van der Waals surface area contributed by atoms with Crippen molar-refractivity contribution >= 4 is 11.9 Å². The summed E-state index contributed by atoms with van der Waals surface area (Å²) in [5.41, 5.74) is -0.340. The average Bonchev–Trinajstić information content (AvgIpc) is 2.12. The molecule has 0 rings (SSSR count). The van der Waals surface area contributed by atoms with E-state index in [0.717, 1.165) is 0 Å². The molecule has 1 amide bonds. The highest BCUT2D eigenvalue weighted by molar-refractivity contribution is 5.77. The molecular weight excluding hydrogens is 206 g/mol. The lowest BCUT2D eigenvalue weighted by molar-refractivity contribution is -0.140. The zero-order chi connectivity index (χ0) is 12.8. The second-order valence-electron chi connectivity index (χ2n) is 4.69. The van der Waals surface area contributed by atoms with E-state index in [2.05, 4.69) is 6.58 Å². The van der Waals surface area contributed by atoms with Crippen molar-refractivity contribution in [3.8, 4) is 0 Å². The zero-order valence-corrected chi connectivity index (χ0v) is 10.3. The Bertz CT molecular complexity index is 266. The van der Waals surface area contributed by atoms with Crippen LogP contribution in [-0.4, -0.2) is 34.0 Å². The van der Waals surface area contributed by atoms with Crippen LogP contribution in [-0.2, 0) is 9.59 Å². The van der Waals surface area contributed by atoms with Gasteiger partial charge >= 0.3 is 5.97 Å². The summed E-state index contributed by atoms with van der Waals surface area (Å²) in [6, 6.07) is 0. The van der Waals surface area contributed by atoms with Crippen molar-refractivity contribution < 1.29 is 14.7 Å². The Morgan fingerprint density at radius 1 is 1.31 bits per heavy atom. The predicted octanol–water partition coefficient (Wildman–Crippen LogP) is 2.05. The maximum atomic E-state index is 11.8. The van der Waals surface area contributed by atoms with E-state index in [-0.39, 0.29) is 24.4 Å². The number of aliphatic carboxylic acids is 1. The monoisotopic (exact) mass is 227 g/mol. The number of carbonyl (C=O) groups is 2. The van der Waals surface area contributed by atoms with Crippen LogP contribution in [0.2, 0.25) is 0 Å². The van der Waals surface area contributed by atoms with E-state index in [1.54, 1.807) is 11.0 Å². The molecule has 0 fully saturated rings. The van der Waals surface area contributed by atoms with Gasteiger partial charge in [0.15, 0.2) is 0 Å². The van der Waals surface area contributed by atoms with E-state index >= 15 is 0 Å². The van der Waals surface area contributed by atoms with Gasteiger partial charge in [-0.05, 0) is 27.2 Å².